The van der Waals surface area contributed by atoms with Gasteiger partial charge in [0.05, 0.1) is 22.7 Å². The van der Waals surface area contributed by atoms with Crippen LogP contribution in [0.4, 0.5) is 0 Å². The average molecular weight is 486 g/mol. The molecule has 0 aromatic heterocycles. The summed E-state index contributed by atoms with van der Waals surface area (Å²) >= 11 is 6.69. The second-order valence-electron chi connectivity index (χ2n) is 5.25. The Morgan fingerprint density at radius 3 is 1.85 bits per heavy atom. The van der Waals surface area contributed by atoms with Crippen LogP contribution in [0, 0.1) is 0 Å². The highest BCUT2D eigenvalue weighted by atomic mass is 79.9. The van der Waals surface area contributed by atoms with E-state index in [0.29, 0.717) is 38.2 Å². The summed E-state index contributed by atoms with van der Waals surface area (Å²) in [6.07, 6.45) is 0.891. The minimum absolute atomic E-state index is 0.377. The molecule has 0 heterocycles. The maximum absolute atomic E-state index is 12.2. The van der Waals surface area contributed by atoms with Gasteiger partial charge in [0.15, 0.2) is 0 Å². The molecule has 2 amide bonds. The highest BCUT2D eigenvalue weighted by Gasteiger charge is 2.12. The van der Waals surface area contributed by atoms with Crippen molar-refractivity contribution in [3.8, 4) is 11.5 Å². The number of hydrazine groups is 1. The normalized spacial score (nSPS) is 10.2. The number of rotatable bonds is 6. The van der Waals surface area contributed by atoms with Gasteiger partial charge in [0.2, 0.25) is 0 Å². The van der Waals surface area contributed by atoms with E-state index >= 15 is 0 Å². The summed E-state index contributed by atoms with van der Waals surface area (Å²) in [7, 11) is 1.54. The maximum atomic E-state index is 12.2. The van der Waals surface area contributed by atoms with Crippen molar-refractivity contribution < 1.29 is 19.1 Å². The Morgan fingerprint density at radius 2 is 1.42 bits per heavy atom. The molecule has 6 nitrogen and oxygen atoms in total. The number of ether oxygens (including phenoxy) is 2. The lowest BCUT2D eigenvalue weighted by Gasteiger charge is -2.11. The Kier molecular flexibility index (Phi) is 7.47. The third-order valence-corrected chi connectivity index (χ3v) is 4.60. The fraction of sp³-hybridized carbons (Fsp3) is 0.222. The smallest absolute Gasteiger partial charge is 0.269 e. The van der Waals surface area contributed by atoms with Crippen LogP contribution in [0.25, 0.3) is 0 Å². The Morgan fingerprint density at radius 1 is 0.923 bits per heavy atom. The zero-order valence-corrected chi connectivity index (χ0v) is 17.4. The summed E-state index contributed by atoms with van der Waals surface area (Å²) in [6, 6.07) is 9.83. The van der Waals surface area contributed by atoms with Gasteiger partial charge in [-0.1, -0.05) is 6.92 Å². The van der Waals surface area contributed by atoms with Crippen LogP contribution >= 0.6 is 31.9 Å². The topological polar surface area (TPSA) is 76.7 Å². The Labute approximate surface area is 168 Å². The van der Waals surface area contributed by atoms with Crippen molar-refractivity contribution in [2.24, 2.45) is 0 Å². The number of amides is 2. The number of nitrogens with one attached hydrogen (secondary N) is 2. The Bertz CT molecular complexity index is 812. The first-order valence-electron chi connectivity index (χ1n) is 7.82. The summed E-state index contributed by atoms with van der Waals surface area (Å²) in [4.78, 5) is 24.4. The van der Waals surface area contributed by atoms with Crippen LogP contribution in [0.5, 0.6) is 11.5 Å². The molecule has 8 heteroatoms. The molecule has 2 rings (SSSR count). The van der Waals surface area contributed by atoms with Crippen LogP contribution in [0.2, 0.25) is 0 Å². The third-order valence-electron chi connectivity index (χ3n) is 3.36. The molecule has 26 heavy (non-hydrogen) atoms. The van der Waals surface area contributed by atoms with Gasteiger partial charge in [-0.05, 0) is 74.7 Å². The first-order valence-corrected chi connectivity index (χ1v) is 9.41. The summed E-state index contributed by atoms with van der Waals surface area (Å²) < 4.78 is 12.0. The number of benzene rings is 2. The van der Waals surface area contributed by atoms with E-state index in [1.165, 1.54) is 7.11 Å². The molecule has 0 aliphatic rings. The minimum atomic E-state index is -0.441. The van der Waals surface area contributed by atoms with Crippen molar-refractivity contribution in [1.29, 1.82) is 0 Å². The zero-order valence-electron chi connectivity index (χ0n) is 14.3. The average Bonchev–Trinajstić information content (AvgIpc) is 2.64. The minimum Gasteiger partial charge on any atom is -0.496 e. The molecular weight excluding hydrogens is 468 g/mol. The molecule has 0 saturated carbocycles. The lowest BCUT2D eigenvalue weighted by atomic mass is 10.2. The van der Waals surface area contributed by atoms with Gasteiger partial charge in [-0.3, -0.25) is 20.4 Å². The zero-order chi connectivity index (χ0) is 19.1. The fourth-order valence-corrected chi connectivity index (χ4v) is 3.07. The summed E-state index contributed by atoms with van der Waals surface area (Å²) in [5.74, 6) is 0.397. The Hall–Kier alpha value is -2.06. The van der Waals surface area contributed by atoms with Crippen LogP contribution in [0.1, 0.15) is 34.1 Å². The van der Waals surface area contributed by atoms with E-state index < -0.39 is 11.8 Å². The SMILES string of the molecule is CCCOc1ccc(C(=O)NNC(=O)c2ccc(OC)c(Br)c2)cc1Br. The highest BCUT2D eigenvalue weighted by Crippen LogP contribution is 2.26. The first-order chi connectivity index (χ1) is 12.5. The third kappa shape index (κ3) is 5.22. The second kappa shape index (κ2) is 9.59. The van der Waals surface area contributed by atoms with Gasteiger partial charge in [0.25, 0.3) is 11.8 Å². The summed E-state index contributed by atoms with van der Waals surface area (Å²) in [6.45, 7) is 2.61. The lowest BCUT2D eigenvalue weighted by Crippen LogP contribution is -2.41. The number of carbonyl (C=O) groups excluding carboxylic acids is 2. The second-order valence-corrected chi connectivity index (χ2v) is 6.96. The van der Waals surface area contributed by atoms with Crippen molar-refractivity contribution in [1.82, 2.24) is 10.9 Å². The molecule has 0 bridgehead atoms. The molecule has 0 fully saturated rings. The van der Waals surface area contributed by atoms with Crippen LogP contribution in [0.15, 0.2) is 45.3 Å². The van der Waals surface area contributed by atoms with Crippen LogP contribution in [0.3, 0.4) is 0 Å². The Balaban J connectivity index is 1.98. The van der Waals surface area contributed by atoms with Crippen molar-refractivity contribution in [2.75, 3.05) is 13.7 Å². The van der Waals surface area contributed by atoms with Crippen LogP contribution < -0.4 is 20.3 Å². The standard InChI is InChI=1S/C18H18Br2N2O4/c1-3-8-26-16-7-5-12(10-14(16)20)18(24)22-21-17(23)11-4-6-15(25-2)13(19)9-11/h4-7,9-10H,3,8H2,1-2H3,(H,21,23)(H,22,24). The van der Waals surface area contributed by atoms with Gasteiger partial charge in [0.1, 0.15) is 11.5 Å². The first kappa shape index (κ1) is 20.3. The number of carbonyl (C=O) groups is 2. The molecular formula is C18H18Br2N2O4. The number of hydrogen-bond acceptors (Lipinski definition) is 4. The van der Waals surface area contributed by atoms with Crippen LogP contribution in [-0.2, 0) is 0 Å². The molecule has 0 saturated heterocycles. The van der Waals surface area contributed by atoms with Crippen LogP contribution in [-0.4, -0.2) is 25.5 Å². The molecule has 0 aliphatic carbocycles. The fourth-order valence-electron chi connectivity index (χ4n) is 2.04. The molecule has 138 valence electrons. The van der Waals surface area contributed by atoms with Gasteiger partial charge in [-0.2, -0.15) is 0 Å². The molecule has 0 spiro atoms. The van der Waals surface area contributed by atoms with E-state index in [9.17, 15) is 9.59 Å². The van der Waals surface area contributed by atoms with Gasteiger partial charge in [0, 0.05) is 11.1 Å². The molecule has 0 atom stereocenters. The summed E-state index contributed by atoms with van der Waals surface area (Å²) in [5.41, 5.74) is 5.54. The quantitative estimate of drug-likeness (QED) is 0.604. The van der Waals surface area contributed by atoms with E-state index in [1.54, 1.807) is 36.4 Å². The van der Waals surface area contributed by atoms with Crippen molar-refractivity contribution >= 4 is 43.7 Å². The molecule has 2 aromatic rings. The molecule has 0 unspecified atom stereocenters. The van der Waals surface area contributed by atoms with E-state index in [4.69, 9.17) is 9.47 Å². The molecule has 2 aromatic carbocycles. The largest absolute Gasteiger partial charge is 0.496 e. The monoisotopic (exact) mass is 484 g/mol. The van der Waals surface area contributed by atoms with E-state index in [-0.39, 0.29) is 0 Å². The predicted molar refractivity (Wildman–Crippen MR) is 106 cm³/mol. The van der Waals surface area contributed by atoms with Gasteiger partial charge in [-0.15, -0.1) is 0 Å². The molecule has 0 radical (unpaired) electrons. The van der Waals surface area contributed by atoms with E-state index in [0.717, 1.165) is 6.42 Å². The summed E-state index contributed by atoms with van der Waals surface area (Å²) in [5, 5.41) is 0. The predicted octanol–water partition coefficient (Wildman–Crippen LogP) is 4.08. The van der Waals surface area contributed by atoms with Gasteiger partial charge >= 0.3 is 0 Å². The van der Waals surface area contributed by atoms with E-state index in [2.05, 4.69) is 42.7 Å². The highest BCUT2D eigenvalue weighted by molar-refractivity contribution is 9.10. The molecule has 0 aliphatic heterocycles. The van der Waals surface area contributed by atoms with Crippen molar-refractivity contribution in [2.45, 2.75) is 13.3 Å². The van der Waals surface area contributed by atoms with Crippen molar-refractivity contribution in [3.05, 3.63) is 56.5 Å². The lowest BCUT2D eigenvalue weighted by molar-refractivity contribution is 0.0846. The molecule has 2 N–H and O–H groups in total. The number of methoxy groups -OCH3 is 1. The van der Waals surface area contributed by atoms with Gasteiger partial charge < -0.3 is 9.47 Å². The van der Waals surface area contributed by atoms with Gasteiger partial charge in [-0.25, -0.2) is 0 Å². The number of hydrogen-bond donors (Lipinski definition) is 2. The van der Waals surface area contributed by atoms with Crippen molar-refractivity contribution in [3.63, 3.8) is 0 Å². The number of halogens is 2. The maximum Gasteiger partial charge on any atom is 0.269 e. The van der Waals surface area contributed by atoms with E-state index in [1.807, 2.05) is 6.92 Å².